The first-order chi connectivity index (χ1) is 8.28. The van der Waals surface area contributed by atoms with E-state index in [2.05, 4.69) is 4.37 Å². The minimum absolute atomic E-state index is 0.0879. The van der Waals surface area contributed by atoms with Crippen molar-refractivity contribution in [2.75, 3.05) is 6.54 Å². The van der Waals surface area contributed by atoms with Crippen LogP contribution in [-0.2, 0) is 11.3 Å². The maximum absolute atomic E-state index is 12.0. The Hall–Kier alpha value is -1.30. The number of carbonyl (C=O) groups is 1. The number of aromatic nitrogens is 1. The highest BCUT2D eigenvalue weighted by Gasteiger charge is 2.31. The number of carbonyl (C=O) groups excluding carboxylic acids is 1. The van der Waals surface area contributed by atoms with Gasteiger partial charge < -0.3 is 9.64 Å². The number of H-pyrrole nitrogens is 1. The predicted molar refractivity (Wildman–Crippen MR) is 70.0 cm³/mol. The number of ether oxygens (including phenoxy) is 1. The average molecular weight is 270 g/mol. The fourth-order valence-corrected chi connectivity index (χ4v) is 2.90. The lowest BCUT2D eigenvalue weighted by atomic mass is 10.0. The molecule has 1 atom stereocenters. The van der Waals surface area contributed by atoms with Crippen molar-refractivity contribution in [2.45, 2.75) is 45.8 Å². The summed E-state index contributed by atoms with van der Waals surface area (Å²) in [5.74, 6) is 0.171. The average Bonchev–Trinajstić information content (AvgIpc) is 2.58. The monoisotopic (exact) mass is 270 g/mol. The van der Waals surface area contributed by atoms with E-state index in [0.29, 0.717) is 18.7 Å². The molecule has 1 aromatic rings. The molecule has 0 saturated heterocycles. The lowest BCUT2D eigenvalue weighted by Crippen LogP contribution is -2.41. The summed E-state index contributed by atoms with van der Waals surface area (Å²) >= 11 is 1.37. The summed E-state index contributed by atoms with van der Waals surface area (Å²) in [5.41, 5.74) is 0.0986. The molecule has 0 fully saturated rings. The molecular formula is C12H18N2O3S. The lowest BCUT2D eigenvalue weighted by molar-refractivity contribution is 0.0210. The number of aromatic amines is 1. The maximum Gasteiger partial charge on any atom is 0.410 e. The van der Waals surface area contributed by atoms with E-state index in [1.54, 1.807) is 4.90 Å². The zero-order valence-corrected chi connectivity index (χ0v) is 11.9. The summed E-state index contributed by atoms with van der Waals surface area (Å²) in [6, 6.07) is 0. The molecule has 0 unspecified atom stereocenters. The van der Waals surface area contributed by atoms with Crippen LogP contribution in [0.1, 0.15) is 44.1 Å². The van der Waals surface area contributed by atoms with Crippen LogP contribution in [0.15, 0.2) is 4.79 Å². The number of rotatable bonds is 0. The number of hydrogen-bond donors (Lipinski definition) is 1. The molecule has 5 nitrogen and oxygen atoms in total. The highest BCUT2D eigenvalue weighted by molar-refractivity contribution is 7.06. The van der Waals surface area contributed by atoms with Crippen LogP contribution < -0.4 is 5.56 Å². The summed E-state index contributed by atoms with van der Waals surface area (Å²) in [6.07, 6.45) is -0.356. The summed E-state index contributed by atoms with van der Waals surface area (Å²) in [6.45, 7) is 8.45. The van der Waals surface area contributed by atoms with Crippen LogP contribution in [0.25, 0.3) is 0 Å². The quantitative estimate of drug-likeness (QED) is 0.786. The first kappa shape index (κ1) is 13.1. The van der Waals surface area contributed by atoms with Crippen LogP contribution in [0.4, 0.5) is 4.79 Å². The molecule has 100 valence electrons. The Kier molecular flexibility index (Phi) is 3.23. The Morgan fingerprint density at radius 2 is 2.17 bits per heavy atom. The van der Waals surface area contributed by atoms with E-state index in [4.69, 9.17) is 4.74 Å². The second kappa shape index (κ2) is 4.42. The van der Waals surface area contributed by atoms with Gasteiger partial charge in [0.25, 0.3) is 5.56 Å². The van der Waals surface area contributed by atoms with Crippen molar-refractivity contribution in [1.82, 2.24) is 9.27 Å². The summed E-state index contributed by atoms with van der Waals surface area (Å²) in [5, 5.41) is 0. The van der Waals surface area contributed by atoms with E-state index in [1.165, 1.54) is 11.5 Å². The minimum atomic E-state index is -0.512. The van der Waals surface area contributed by atoms with Gasteiger partial charge in [-0.15, -0.1) is 0 Å². The van der Waals surface area contributed by atoms with Gasteiger partial charge in [0.2, 0.25) is 0 Å². The van der Waals surface area contributed by atoms with Gasteiger partial charge in [0.15, 0.2) is 0 Å². The minimum Gasteiger partial charge on any atom is -0.444 e. The van der Waals surface area contributed by atoms with Crippen molar-refractivity contribution in [1.29, 1.82) is 0 Å². The van der Waals surface area contributed by atoms with Crippen LogP contribution in [0.2, 0.25) is 0 Å². The van der Waals surface area contributed by atoms with Gasteiger partial charge in [-0.25, -0.2) is 4.79 Å². The van der Waals surface area contributed by atoms with Crippen LogP contribution in [-0.4, -0.2) is 27.5 Å². The Morgan fingerprint density at radius 3 is 2.78 bits per heavy atom. The van der Waals surface area contributed by atoms with Crippen LogP contribution in [0, 0.1) is 0 Å². The van der Waals surface area contributed by atoms with Gasteiger partial charge in [0.05, 0.1) is 12.1 Å². The summed E-state index contributed by atoms with van der Waals surface area (Å²) in [7, 11) is 0. The lowest BCUT2D eigenvalue weighted by Gasteiger charge is -2.32. The predicted octanol–water partition coefficient (Wildman–Crippen LogP) is 2.29. The van der Waals surface area contributed by atoms with Gasteiger partial charge in [-0.1, -0.05) is 18.5 Å². The van der Waals surface area contributed by atoms with E-state index in [-0.39, 0.29) is 17.6 Å². The number of nitrogens with one attached hydrogen (secondary N) is 1. The summed E-state index contributed by atoms with van der Waals surface area (Å²) < 4.78 is 8.06. The largest absolute Gasteiger partial charge is 0.444 e. The van der Waals surface area contributed by atoms with Gasteiger partial charge in [0, 0.05) is 17.3 Å². The fourth-order valence-electron chi connectivity index (χ4n) is 2.02. The molecule has 1 amide bonds. The highest BCUT2D eigenvalue weighted by atomic mass is 32.1. The standard InChI is InChI=1S/C12H18N2O3S/c1-7-5-14(11(16)17-12(2,3)4)6-8-9(7)18-13-10(8)15/h7H,5-6H2,1-4H3,(H,13,15)/t7-/m0/s1. The molecule has 1 aromatic heterocycles. The smallest absolute Gasteiger partial charge is 0.410 e. The molecule has 0 radical (unpaired) electrons. The molecule has 0 bridgehead atoms. The Bertz CT molecular complexity index is 512. The Labute approximate surface area is 110 Å². The Morgan fingerprint density at radius 1 is 1.50 bits per heavy atom. The molecule has 0 spiro atoms. The van der Waals surface area contributed by atoms with Crippen LogP contribution in [0.3, 0.4) is 0 Å². The van der Waals surface area contributed by atoms with Gasteiger partial charge in [0.1, 0.15) is 5.60 Å². The number of amides is 1. The van der Waals surface area contributed by atoms with Gasteiger partial charge >= 0.3 is 6.09 Å². The second-order valence-electron chi connectivity index (χ2n) is 5.64. The van der Waals surface area contributed by atoms with E-state index in [0.717, 1.165) is 4.88 Å². The number of hydrogen-bond acceptors (Lipinski definition) is 4. The van der Waals surface area contributed by atoms with Crippen molar-refractivity contribution in [3.8, 4) is 0 Å². The SMILES string of the molecule is C[C@H]1CN(C(=O)OC(C)(C)C)Cc2c1s[nH]c2=O. The van der Waals surface area contributed by atoms with E-state index < -0.39 is 5.60 Å². The van der Waals surface area contributed by atoms with E-state index >= 15 is 0 Å². The van der Waals surface area contributed by atoms with Crippen LogP contribution in [0.5, 0.6) is 0 Å². The molecule has 2 heterocycles. The van der Waals surface area contributed by atoms with Gasteiger partial charge in [-0.05, 0) is 20.8 Å². The normalized spacial score (nSPS) is 19.6. The maximum atomic E-state index is 12.0. The molecule has 1 N–H and O–H groups in total. The zero-order valence-electron chi connectivity index (χ0n) is 11.1. The number of nitrogens with zero attached hydrogens (tertiary/aromatic N) is 1. The van der Waals surface area contributed by atoms with E-state index in [1.807, 2.05) is 27.7 Å². The molecule has 2 rings (SSSR count). The molecular weight excluding hydrogens is 252 g/mol. The van der Waals surface area contributed by atoms with E-state index in [9.17, 15) is 9.59 Å². The molecule has 1 aliphatic rings. The first-order valence-corrected chi connectivity index (χ1v) is 6.78. The highest BCUT2D eigenvalue weighted by Crippen LogP contribution is 2.29. The molecule has 0 aliphatic carbocycles. The van der Waals surface area contributed by atoms with Crippen molar-refractivity contribution < 1.29 is 9.53 Å². The van der Waals surface area contributed by atoms with Crippen molar-refractivity contribution in [3.05, 3.63) is 20.8 Å². The topological polar surface area (TPSA) is 62.4 Å². The molecule has 0 saturated carbocycles. The molecule has 0 aromatic carbocycles. The number of fused-ring (bicyclic) bond motifs is 1. The van der Waals surface area contributed by atoms with Crippen molar-refractivity contribution >= 4 is 17.6 Å². The third-order valence-electron chi connectivity index (χ3n) is 2.77. The summed E-state index contributed by atoms with van der Waals surface area (Å²) in [4.78, 5) is 26.3. The Balaban J connectivity index is 2.18. The molecule has 1 aliphatic heterocycles. The molecule has 6 heteroatoms. The van der Waals surface area contributed by atoms with Crippen molar-refractivity contribution in [3.63, 3.8) is 0 Å². The zero-order chi connectivity index (χ0) is 13.5. The van der Waals surface area contributed by atoms with Gasteiger partial charge in [-0.3, -0.25) is 9.17 Å². The third kappa shape index (κ3) is 2.58. The fraction of sp³-hybridized carbons (Fsp3) is 0.667. The second-order valence-corrected chi connectivity index (χ2v) is 6.49. The van der Waals surface area contributed by atoms with Gasteiger partial charge in [-0.2, -0.15) is 0 Å². The first-order valence-electron chi connectivity index (χ1n) is 5.96. The van der Waals surface area contributed by atoms with Crippen LogP contribution >= 0.6 is 11.5 Å². The third-order valence-corrected chi connectivity index (χ3v) is 3.92. The van der Waals surface area contributed by atoms with Crippen molar-refractivity contribution in [2.24, 2.45) is 0 Å². The molecule has 18 heavy (non-hydrogen) atoms.